The molecule has 0 bridgehead atoms. The Bertz CT molecular complexity index is 605. The van der Waals surface area contributed by atoms with E-state index >= 15 is 0 Å². The molecule has 40 heavy (non-hydrogen) atoms. The Morgan fingerprint density at radius 3 is 0.450 bits per heavy atom. The first kappa shape index (κ1) is 37.3. The van der Waals surface area contributed by atoms with Crippen molar-refractivity contribution in [3.63, 3.8) is 0 Å². The summed E-state index contributed by atoms with van der Waals surface area (Å²) in [5, 5.41) is 0. The predicted octanol–water partition coefficient (Wildman–Crippen LogP) is -10.5. The van der Waals surface area contributed by atoms with E-state index in [-0.39, 0.29) is 25.7 Å². The van der Waals surface area contributed by atoms with Crippen LogP contribution in [0, 0.1) is 0 Å². The highest BCUT2D eigenvalue weighted by Gasteiger charge is 2.38. The van der Waals surface area contributed by atoms with Crippen molar-refractivity contribution in [3.8, 4) is 0 Å². The molecule has 1 saturated carbocycles. The second kappa shape index (κ2) is 16.2. The van der Waals surface area contributed by atoms with E-state index < -0.39 is 109 Å². The minimum absolute atomic E-state index is 0.224. The molecule has 1 aliphatic carbocycles. The molecule has 0 aromatic carbocycles. The highest BCUT2D eigenvalue weighted by molar-refractivity contribution is 5.05. The molecule has 0 aliphatic heterocycles. The molecule has 240 valence electrons. The third kappa shape index (κ3) is 9.66. The summed E-state index contributed by atoms with van der Waals surface area (Å²) >= 11 is 0. The van der Waals surface area contributed by atoms with Crippen molar-refractivity contribution < 1.29 is 0 Å². The zero-order chi connectivity index (χ0) is 31.2. The van der Waals surface area contributed by atoms with Crippen LogP contribution in [0.3, 0.4) is 0 Å². The van der Waals surface area contributed by atoms with Crippen LogP contribution in [0.25, 0.3) is 0 Å². The van der Waals surface area contributed by atoms with Gasteiger partial charge in [0, 0.05) is 109 Å². The minimum Gasteiger partial charge on any atom is -0.326 e. The van der Waals surface area contributed by atoms with Gasteiger partial charge in [-0.1, -0.05) is 0 Å². The Morgan fingerprint density at radius 1 is 0.175 bits per heavy atom. The summed E-state index contributed by atoms with van der Waals surface area (Å²) in [7, 11) is 0. The van der Waals surface area contributed by atoms with Crippen molar-refractivity contribution in [2.24, 2.45) is 103 Å². The second-order valence-corrected chi connectivity index (χ2v) is 12.0. The second-order valence-electron chi connectivity index (χ2n) is 12.0. The first-order valence-corrected chi connectivity index (χ1v) is 13.9. The molecule has 0 spiro atoms. The first-order valence-electron chi connectivity index (χ1n) is 13.9. The summed E-state index contributed by atoms with van der Waals surface area (Å²) in [6.45, 7) is 0. The minimum atomic E-state index is -0.834. The van der Waals surface area contributed by atoms with E-state index in [2.05, 4.69) is 0 Å². The lowest BCUT2D eigenvalue weighted by Crippen LogP contribution is -2.71. The summed E-state index contributed by atoms with van der Waals surface area (Å²) in [5.74, 6) is 0. The number of nitrogens with two attached hydrogens (primary N) is 18. The predicted molar refractivity (Wildman–Crippen MR) is 162 cm³/mol. The maximum atomic E-state index is 6.35. The van der Waals surface area contributed by atoms with Gasteiger partial charge in [0.1, 0.15) is 0 Å². The van der Waals surface area contributed by atoms with Crippen LogP contribution in [0.15, 0.2) is 0 Å². The molecule has 1 fully saturated rings. The molecule has 0 saturated heterocycles. The number of hydrogen-bond acceptors (Lipinski definition) is 18. The highest BCUT2D eigenvalue weighted by atomic mass is 15.0. The summed E-state index contributed by atoms with van der Waals surface area (Å²) in [5.41, 5.74) is 114. The molecule has 18 nitrogen and oxygen atoms in total. The molecule has 0 aromatic heterocycles. The lowest BCUT2D eigenvalue weighted by Gasteiger charge is -2.39. The van der Waals surface area contributed by atoms with Crippen molar-refractivity contribution in [1.82, 2.24) is 0 Å². The summed E-state index contributed by atoms with van der Waals surface area (Å²) < 4.78 is 0. The molecule has 0 heterocycles. The zero-order valence-corrected chi connectivity index (χ0v) is 23.6. The number of hydrogen-bond donors (Lipinski definition) is 18. The SMILES string of the molecule is NC1CC(N)C(N)C(N)C(N)C(N)C(N)C(N)CC(N)C(N)CC(N)C(N)C(N)C(N)C(N)C(N)C(N)CC1N. The third-order valence-corrected chi connectivity index (χ3v) is 8.81. The van der Waals surface area contributed by atoms with Crippen LogP contribution in [0.2, 0.25) is 0 Å². The third-order valence-electron chi connectivity index (χ3n) is 8.81. The Hall–Kier alpha value is -0.720. The molecule has 1 aliphatic rings. The summed E-state index contributed by atoms with van der Waals surface area (Å²) in [4.78, 5) is 0. The average molecular weight is 579 g/mol. The topological polar surface area (TPSA) is 468 Å². The van der Waals surface area contributed by atoms with Gasteiger partial charge in [0.15, 0.2) is 0 Å². The van der Waals surface area contributed by atoms with Gasteiger partial charge in [-0.15, -0.1) is 0 Å². The fraction of sp³-hybridized carbons (Fsp3) is 1.00. The summed E-state index contributed by atoms with van der Waals surface area (Å²) in [6.07, 6.45) is 0.895. The van der Waals surface area contributed by atoms with Crippen molar-refractivity contribution in [1.29, 1.82) is 0 Å². The first-order chi connectivity index (χ1) is 18.3. The van der Waals surface area contributed by atoms with E-state index in [9.17, 15) is 0 Å². The monoisotopic (exact) mass is 579 g/mol. The fourth-order valence-electron chi connectivity index (χ4n) is 5.27. The molecule has 36 N–H and O–H groups in total. The van der Waals surface area contributed by atoms with Gasteiger partial charge >= 0.3 is 0 Å². The van der Waals surface area contributed by atoms with Crippen LogP contribution in [0.5, 0.6) is 0 Å². The highest BCUT2D eigenvalue weighted by Crippen LogP contribution is 2.15. The zero-order valence-electron chi connectivity index (χ0n) is 23.6. The van der Waals surface area contributed by atoms with Gasteiger partial charge in [-0.05, 0) is 25.7 Å². The molecule has 18 heteroatoms. The van der Waals surface area contributed by atoms with Gasteiger partial charge in [0.05, 0.1) is 0 Å². The van der Waals surface area contributed by atoms with Crippen LogP contribution < -0.4 is 103 Å². The van der Waals surface area contributed by atoms with Gasteiger partial charge < -0.3 is 103 Å². The normalized spacial score (nSPS) is 52.4. The standard InChI is InChI=1S/C22H62N18/c23-5-1-9(27)13(31)17(35)21(39)18(36)15(33)11(29)3-7(25)8(26)4-12(30)16(34)20(38)22(40)19(37)14(32)10(28)2-6(5)24/h5-22H,1-4,23-40H2. The maximum absolute atomic E-state index is 6.35. The van der Waals surface area contributed by atoms with E-state index in [1.807, 2.05) is 0 Å². The average Bonchev–Trinajstić information content (AvgIpc) is 2.91. The van der Waals surface area contributed by atoms with E-state index in [4.69, 9.17) is 103 Å². The van der Waals surface area contributed by atoms with Crippen LogP contribution in [-0.2, 0) is 0 Å². The van der Waals surface area contributed by atoms with E-state index in [1.165, 1.54) is 0 Å². The molecular weight excluding hydrogens is 516 g/mol. The van der Waals surface area contributed by atoms with Crippen molar-refractivity contribution in [3.05, 3.63) is 0 Å². The van der Waals surface area contributed by atoms with Gasteiger partial charge in [-0.3, -0.25) is 0 Å². The van der Waals surface area contributed by atoms with Gasteiger partial charge in [-0.2, -0.15) is 0 Å². The molecule has 16 unspecified atom stereocenters. The van der Waals surface area contributed by atoms with E-state index in [0.29, 0.717) is 0 Å². The fourth-order valence-corrected chi connectivity index (χ4v) is 5.27. The number of rotatable bonds is 0. The van der Waals surface area contributed by atoms with Crippen LogP contribution in [0.4, 0.5) is 0 Å². The Labute approximate surface area is 238 Å². The lowest BCUT2D eigenvalue weighted by molar-refractivity contribution is 0.271. The molecular formula is C22H62N18. The van der Waals surface area contributed by atoms with Crippen molar-refractivity contribution >= 4 is 0 Å². The lowest BCUT2D eigenvalue weighted by atomic mass is 9.81. The molecule has 0 amide bonds. The molecule has 0 radical (unpaired) electrons. The summed E-state index contributed by atoms with van der Waals surface area (Å²) in [6, 6.07) is -13.0. The van der Waals surface area contributed by atoms with Gasteiger partial charge in [0.2, 0.25) is 0 Å². The Morgan fingerprint density at radius 2 is 0.300 bits per heavy atom. The quantitative estimate of drug-likeness (QED) is 0.127. The van der Waals surface area contributed by atoms with Crippen LogP contribution in [0.1, 0.15) is 25.7 Å². The van der Waals surface area contributed by atoms with E-state index in [1.54, 1.807) is 0 Å². The maximum Gasteiger partial charge on any atom is 0.0378 e. The van der Waals surface area contributed by atoms with Crippen molar-refractivity contribution in [2.75, 3.05) is 0 Å². The van der Waals surface area contributed by atoms with Gasteiger partial charge in [-0.25, -0.2) is 0 Å². The Balaban J connectivity index is 3.25. The van der Waals surface area contributed by atoms with Gasteiger partial charge in [0.25, 0.3) is 0 Å². The molecule has 1 rings (SSSR count). The molecule has 16 atom stereocenters. The smallest absolute Gasteiger partial charge is 0.0378 e. The van der Waals surface area contributed by atoms with Crippen LogP contribution >= 0.6 is 0 Å². The van der Waals surface area contributed by atoms with E-state index in [0.717, 1.165) is 0 Å². The molecule has 0 aromatic rings. The van der Waals surface area contributed by atoms with Crippen LogP contribution in [-0.4, -0.2) is 109 Å². The van der Waals surface area contributed by atoms with Crippen molar-refractivity contribution in [2.45, 2.75) is 134 Å². The Kier molecular flexibility index (Phi) is 15.1. The largest absolute Gasteiger partial charge is 0.326 e.